The Morgan fingerprint density at radius 2 is 1.88 bits per heavy atom. The number of amides is 1. The minimum absolute atomic E-state index is 0.103. The Bertz CT molecular complexity index is 1900. The van der Waals surface area contributed by atoms with E-state index >= 15 is 0 Å². The van der Waals surface area contributed by atoms with E-state index < -0.39 is 17.6 Å². The molecule has 1 amide bonds. The lowest BCUT2D eigenvalue weighted by Crippen LogP contribution is -2.14. The van der Waals surface area contributed by atoms with Crippen LogP contribution in [-0.2, 0) is 12.8 Å². The summed E-state index contributed by atoms with van der Waals surface area (Å²) >= 11 is 1.30. The van der Waals surface area contributed by atoms with Crippen molar-refractivity contribution in [3.63, 3.8) is 0 Å². The summed E-state index contributed by atoms with van der Waals surface area (Å²) < 4.78 is 63.6. The number of methoxy groups -OCH3 is 2. The zero-order chi connectivity index (χ0) is 29.4. The molecule has 0 atom stereocenters. The smallest absolute Gasteiger partial charge is 0.416 e. The third kappa shape index (κ3) is 5.46. The molecular formula is C29H21F3N4O5S. The molecule has 9 nitrogen and oxygen atoms in total. The van der Waals surface area contributed by atoms with Gasteiger partial charge in [0.05, 0.1) is 31.4 Å². The van der Waals surface area contributed by atoms with Gasteiger partial charge in [-0.25, -0.2) is 9.50 Å². The predicted octanol–water partition coefficient (Wildman–Crippen LogP) is 7.07. The normalized spacial score (nSPS) is 11.6. The standard InChI is InChI=1S/C29H21F3N4O5S/c1-38-20-11-23(21-13-25(41-24(21)12-20)22-14-36-27(34-22)42-28(35-36)39-2)40-15-16-5-3-8-19(9-16)33-26(37)17-6-4-7-18(10-17)29(30,31)32/h3-14H,15H2,1-2H3,(H,33,37). The Balaban J connectivity index is 1.21. The molecule has 0 spiro atoms. The molecule has 3 aromatic carbocycles. The van der Waals surface area contributed by atoms with Crippen molar-refractivity contribution in [2.75, 3.05) is 19.5 Å². The first kappa shape index (κ1) is 27.1. The molecule has 0 aliphatic carbocycles. The summed E-state index contributed by atoms with van der Waals surface area (Å²) in [4.78, 5) is 17.9. The quantitative estimate of drug-likeness (QED) is 0.201. The van der Waals surface area contributed by atoms with Crippen molar-refractivity contribution >= 4 is 38.9 Å². The van der Waals surface area contributed by atoms with E-state index in [0.29, 0.717) is 55.3 Å². The van der Waals surface area contributed by atoms with Gasteiger partial charge in [-0.1, -0.05) is 18.2 Å². The minimum Gasteiger partial charge on any atom is -0.496 e. The third-order valence-corrected chi connectivity index (χ3v) is 7.18. The molecule has 6 aromatic rings. The second-order valence-corrected chi connectivity index (χ2v) is 10.0. The van der Waals surface area contributed by atoms with Gasteiger partial charge in [0, 0.05) is 23.4 Å². The van der Waals surface area contributed by atoms with Crippen LogP contribution >= 0.6 is 11.3 Å². The summed E-state index contributed by atoms with van der Waals surface area (Å²) in [5.74, 6) is 0.878. The molecule has 214 valence electrons. The number of anilines is 1. The maximum Gasteiger partial charge on any atom is 0.416 e. The van der Waals surface area contributed by atoms with Crippen LogP contribution in [0.15, 0.2) is 77.3 Å². The first-order valence-corrected chi connectivity index (χ1v) is 13.2. The number of fused-ring (bicyclic) bond motifs is 2. The molecule has 0 saturated carbocycles. The number of imidazole rings is 1. The van der Waals surface area contributed by atoms with Crippen molar-refractivity contribution in [3.05, 3.63) is 89.6 Å². The predicted molar refractivity (Wildman–Crippen MR) is 149 cm³/mol. The van der Waals surface area contributed by atoms with Crippen molar-refractivity contribution in [1.82, 2.24) is 14.6 Å². The number of carbonyl (C=O) groups is 1. The third-order valence-electron chi connectivity index (χ3n) is 6.29. The van der Waals surface area contributed by atoms with Crippen molar-refractivity contribution in [3.8, 4) is 28.1 Å². The molecule has 0 unspecified atom stereocenters. The summed E-state index contributed by atoms with van der Waals surface area (Å²) in [5, 5.41) is 8.12. The van der Waals surface area contributed by atoms with Crippen LogP contribution < -0.4 is 19.5 Å². The summed E-state index contributed by atoms with van der Waals surface area (Å²) in [6.45, 7) is 0.125. The monoisotopic (exact) mass is 594 g/mol. The molecule has 0 bridgehead atoms. The zero-order valence-corrected chi connectivity index (χ0v) is 22.9. The highest BCUT2D eigenvalue weighted by atomic mass is 32.1. The molecule has 6 rings (SSSR count). The number of halogens is 3. The number of aromatic nitrogens is 3. The largest absolute Gasteiger partial charge is 0.496 e. The van der Waals surface area contributed by atoms with E-state index in [0.717, 1.165) is 12.1 Å². The Morgan fingerprint density at radius 1 is 1.05 bits per heavy atom. The second kappa shape index (κ2) is 10.7. The lowest BCUT2D eigenvalue weighted by molar-refractivity contribution is -0.137. The number of hydrogen-bond acceptors (Lipinski definition) is 8. The van der Waals surface area contributed by atoms with Gasteiger partial charge >= 0.3 is 6.18 Å². The molecule has 0 aliphatic rings. The molecule has 1 N–H and O–H groups in total. The first-order valence-electron chi connectivity index (χ1n) is 12.4. The lowest BCUT2D eigenvalue weighted by atomic mass is 10.1. The summed E-state index contributed by atoms with van der Waals surface area (Å²) in [7, 11) is 3.08. The van der Waals surface area contributed by atoms with Crippen molar-refractivity contribution in [2.24, 2.45) is 0 Å². The van der Waals surface area contributed by atoms with Crippen LogP contribution in [0.1, 0.15) is 21.5 Å². The van der Waals surface area contributed by atoms with E-state index in [2.05, 4.69) is 15.4 Å². The maximum absolute atomic E-state index is 13.1. The average molecular weight is 595 g/mol. The molecule has 0 aliphatic heterocycles. The molecule has 42 heavy (non-hydrogen) atoms. The molecular weight excluding hydrogens is 573 g/mol. The van der Waals surface area contributed by atoms with Crippen LogP contribution in [0.2, 0.25) is 0 Å². The van der Waals surface area contributed by atoms with Gasteiger partial charge in [-0.05, 0) is 53.3 Å². The van der Waals surface area contributed by atoms with Gasteiger partial charge in [0.25, 0.3) is 11.1 Å². The molecule has 0 radical (unpaired) electrons. The highest BCUT2D eigenvalue weighted by molar-refractivity contribution is 7.18. The zero-order valence-electron chi connectivity index (χ0n) is 22.1. The number of alkyl halides is 3. The summed E-state index contributed by atoms with van der Waals surface area (Å²) in [5.41, 5.74) is 1.24. The fraction of sp³-hybridized carbons (Fsp3) is 0.138. The SMILES string of the molecule is COc1cc(OCc2cccc(NC(=O)c3cccc(C(F)(F)F)c3)c2)c2cc(-c3cn4nc(OC)sc4n3)oc2c1. The molecule has 0 saturated heterocycles. The number of furan rings is 1. The van der Waals surface area contributed by atoms with Gasteiger partial charge in [-0.2, -0.15) is 13.2 Å². The number of nitrogens with zero attached hydrogens (tertiary/aromatic N) is 3. The summed E-state index contributed by atoms with van der Waals surface area (Å²) in [6.07, 6.45) is -2.81. The van der Waals surface area contributed by atoms with Crippen LogP contribution in [-0.4, -0.2) is 34.7 Å². The van der Waals surface area contributed by atoms with E-state index in [1.807, 2.05) is 6.07 Å². The van der Waals surface area contributed by atoms with E-state index in [1.54, 1.807) is 54.2 Å². The Labute approximate surface area is 240 Å². The van der Waals surface area contributed by atoms with Gasteiger partial charge in [-0.15, -0.1) is 5.10 Å². The molecule has 13 heteroatoms. The van der Waals surface area contributed by atoms with Gasteiger partial charge in [0.15, 0.2) is 5.76 Å². The Kier molecular flexibility index (Phi) is 6.94. The lowest BCUT2D eigenvalue weighted by Gasteiger charge is -2.11. The van der Waals surface area contributed by atoms with Gasteiger partial charge < -0.3 is 23.9 Å². The van der Waals surface area contributed by atoms with Crippen molar-refractivity contribution in [1.29, 1.82) is 0 Å². The summed E-state index contributed by atoms with van der Waals surface area (Å²) in [6, 6.07) is 16.4. The van der Waals surface area contributed by atoms with E-state index in [9.17, 15) is 18.0 Å². The number of carbonyl (C=O) groups excluding carboxylic acids is 1. The highest BCUT2D eigenvalue weighted by Gasteiger charge is 2.31. The Hall–Kier alpha value is -5.04. The van der Waals surface area contributed by atoms with Crippen LogP contribution in [0.25, 0.3) is 27.4 Å². The number of hydrogen-bond donors (Lipinski definition) is 1. The van der Waals surface area contributed by atoms with Gasteiger partial charge in [-0.3, -0.25) is 4.79 Å². The van der Waals surface area contributed by atoms with E-state index in [4.69, 9.17) is 18.6 Å². The minimum atomic E-state index is -4.55. The molecule has 0 fully saturated rings. The number of rotatable bonds is 8. The second-order valence-electron chi connectivity index (χ2n) is 9.10. The Morgan fingerprint density at radius 3 is 2.64 bits per heavy atom. The van der Waals surface area contributed by atoms with Gasteiger partial charge in [0.2, 0.25) is 4.96 Å². The van der Waals surface area contributed by atoms with Crippen LogP contribution in [0.5, 0.6) is 16.7 Å². The molecule has 3 heterocycles. The fourth-order valence-electron chi connectivity index (χ4n) is 4.27. The average Bonchev–Trinajstić information content (AvgIpc) is 3.69. The number of nitrogens with one attached hydrogen (secondary N) is 1. The maximum atomic E-state index is 13.1. The first-order chi connectivity index (χ1) is 20.2. The van der Waals surface area contributed by atoms with E-state index in [1.165, 1.54) is 30.6 Å². The molecule has 3 aromatic heterocycles. The van der Waals surface area contributed by atoms with E-state index in [-0.39, 0.29) is 12.2 Å². The van der Waals surface area contributed by atoms with Crippen LogP contribution in [0, 0.1) is 0 Å². The van der Waals surface area contributed by atoms with Gasteiger partial charge in [0.1, 0.15) is 29.4 Å². The topological polar surface area (TPSA) is 100 Å². The van der Waals surface area contributed by atoms with Crippen molar-refractivity contribution < 1.29 is 36.6 Å². The highest BCUT2D eigenvalue weighted by Crippen LogP contribution is 2.38. The number of benzene rings is 3. The number of ether oxygens (including phenoxy) is 3. The van der Waals surface area contributed by atoms with Crippen LogP contribution in [0.4, 0.5) is 18.9 Å². The van der Waals surface area contributed by atoms with Crippen LogP contribution in [0.3, 0.4) is 0 Å². The fourth-order valence-corrected chi connectivity index (χ4v) is 4.97. The van der Waals surface area contributed by atoms with Crippen molar-refractivity contribution in [2.45, 2.75) is 12.8 Å².